The topological polar surface area (TPSA) is 46.8 Å². The van der Waals surface area contributed by atoms with Gasteiger partial charge in [0.2, 0.25) is 0 Å². The van der Waals surface area contributed by atoms with E-state index < -0.39 is 0 Å². The molecule has 0 amide bonds. The normalized spacial score (nSPS) is 22.2. The first-order valence-corrected chi connectivity index (χ1v) is 7.65. The predicted molar refractivity (Wildman–Crippen MR) is 80.4 cm³/mol. The van der Waals surface area contributed by atoms with Crippen LogP contribution in [0.4, 0.5) is 0 Å². The molecule has 5 nitrogen and oxygen atoms in total. The monoisotopic (exact) mass is 281 g/mol. The van der Waals surface area contributed by atoms with Crippen molar-refractivity contribution in [1.82, 2.24) is 24.6 Å². The molecule has 0 bridgehead atoms. The highest BCUT2D eigenvalue weighted by atomic mass is 15.3. The summed E-state index contributed by atoms with van der Waals surface area (Å²) < 4.78 is 2.24. The SMILES string of the molecule is C1=CC(N2CCn3c(nnc3-c3cccnc3)C2)CCC1. The van der Waals surface area contributed by atoms with Crippen molar-refractivity contribution in [2.75, 3.05) is 6.54 Å². The number of hydrogen-bond donors (Lipinski definition) is 0. The third-order valence-corrected chi connectivity index (χ3v) is 4.40. The second-order valence-corrected chi connectivity index (χ2v) is 5.73. The Kier molecular flexibility index (Phi) is 3.27. The highest BCUT2D eigenvalue weighted by molar-refractivity contribution is 5.53. The maximum absolute atomic E-state index is 4.40. The second kappa shape index (κ2) is 5.41. The number of pyridine rings is 1. The molecular weight excluding hydrogens is 262 g/mol. The van der Waals surface area contributed by atoms with Crippen molar-refractivity contribution in [1.29, 1.82) is 0 Å². The Morgan fingerprint density at radius 1 is 1.19 bits per heavy atom. The van der Waals surface area contributed by atoms with Gasteiger partial charge in [-0.25, -0.2) is 0 Å². The van der Waals surface area contributed by atoms with Crippen molar-refractivity contribution in [2.24, 2.45) is 0 Å². The third kappa shape index (κ3) is 2.38. The van der Waals surface area contributed by atoms with Gasteiger partial charge in [-0.3, -0.25) is 9.88 Å². The number of rotatable bonds is 2. The molecule has 0 N–H and O–H groups in total. The Hall–Kier alpha value is -2.01. The molecule has 1 atom stereocenters. The van der Waals surface area contributed by atoms with Gasteiger partial charge >= 0.3 is 0 Å². The molecule has 0 aromatic carbocycles. The third-order valence-electron chi connectivity index (χ3n) is 4.40. The van der Waals surface area contributed by atoms with E-state index in [-0.39, 0.29) is 0 Å². The first-order chi connectivity index (χ1) is 10.4. The van der Waals surface area contributed by atoms with Crippen LogP contribution < -0.4 is 0 Å². The van der Waals surface area contributed by atoms with Crippen LogP contribution in [0.25, 0.3) is 11.4 Å². The largest absolute Gasteiger partial charge is 0.309 e. The van der Waals surface area contributed by atoms with Crippen LogP contribution in [0, 0.1) is 0 Å². The first kappa shape index (κ1) is 12.7. The quantitative estimate of drug-likeness (QED) is 0.792. The molecule has 2 aromatic heterocycles. The molecule has 0 radical (unpaired) electrons. The van der Waals surface area contributed by atoms with Crippen LogP contribution in [0.5, 0.6) is 0 Å². The smallest absolute Gasteiger partial charge is 0.165 e. The van der Waals surface area contributed by atoms with Gasteiger partial charge in [0.05, 0.1) is 6.54 Å². The molecule has 1 aliphatic carbocycles. The van der Waals surface area contributed by atoms with Gasteiger partial charge in [-0.05, 0) is 31.4 Å². The highest BCUT2D eigenvalue weighted by Gasteiger charge is 2.26. The number of allylic oxidation sites excluding steroid dienone is 1. The summed E-state index contributed by atoms with van der Waals surface area (Å²) in [6.45, 7) is 2.91. The fourth-order valence-electron chi connectivity index (χ4n) is 3.27. The van der Waals surface area contributed by atoms with Crippen LogP contribution in [0.1, 0.15) is 25.1 Å². The standard InChI is InChI=1S/C16H19N5/c1-2-6-14(7-3-1)20-9-10-21-15(12-20)18-19-16(21)13-5-4-8-17-11-13/h2,4-6,8,11,14H,1,3,7,9-10,12H2. The van der Waals surface area contributed by atoms with Gasteiger partial charge in [0.1, 0.15) is 5.82 Å². The summed E-state index contributed by atoms with van der Waals surface area (Å²) in [6, 6.07) is 4.56. The van der Waals surface area contributed by atoms with Gasteiger partial charge in [0, 0.05) is 37.1 Å². The summed E-state index contributed by atoms with van der Waals surface area (Å²) in [7, 11) is 0. The highest BCUT2D eigenvalue weighted by Crippen LogP contribution is 2.24. The molecule has 0 fully saturated rings. The van der Waals surface area contributed by atoms with Gasteiger partial charge in [-0.15, -0.1) is 10.2 Å². The fourth-order valence-corrected chi connectivity index (χ4v) is 3.27. The van der Waals surface area contributed by atoms with E-state index in [1.165, 1.54) is 19.3 Å². The molecule has 2 aromatic rings. The number of nitrogens with zero attached hydrogens (tertiary/aromatic N) is 5. The molecule has 5 heteroatoms. The molecule has 0 saturated heterocycles. The zero-order valence-corrected chi connectivity index (χ0v) is 12.0. The van der Waals surface area contributed by atoms with Crippen molar-refractivity contribution < 1.29 is 0 Å². The maximum Gasteiger partial charge on any atom is 0.165 e. The van der Waals surface area contributed by atoms with Gasteiger partial charge in [-0.1, -0.05) is 12.2 Å². The summed E-state index contributed by atoms with van der Waals surface area (Å²) in [5, 5.41) is 8.77. The van der Waals surface area contributed by atoms with Crippen molar-refractivity contribution in [3.63, 3.8) is 0 Å². The molecule has 1 aliphatic heterocycles. The summed E-state index contributed by atoms with van der Waals surface area (Å²) in [5.74, 6) is 2.01. The summed E-state index contributed by atoms with van der Waals surface area (Å²) in [5.41, 5.74) is 1.04. The minimum Gasteiger partial charge on any atom is -0.309 e. The summed E-state index contributed by atoms with van der Waals surface area (Å²) in [4.78, 5) is 6.70. The predicted octanol–water partition coefficient (Wildman–Crippen LogP) is 2.26. The van der Waals surface area contributed by atoms with Gasteiger partial charge in [0.15, 0.2) is 5.82 Å². The molecule has 21 heavy (non-hydrogen) atoms. The lowest BCUT2D eigenvalue weighted by atomic mass is 10.0. The Labute approximate surface area is 124 Å². The van der Waals surface area contributed by atoms with Crippen molar-refractivity contribution in [2.45, 2.75) is 38.4 Å². The van der Waals surface area contributed by atoms with Crippen LogP contribution in [-0.2, 0) is 13.1 Å². The van der Waals surface area contributed by atoms with Crippen molar-refractivity contribution in [3.05, 3.63) is 42.5 Å². The maximum atomic E-state index is 4.40. The number of hydrogen-bond acceptors (Lipinski definition) is 4. The zero-order valence-electron chi connectivity index (χ0n) is 12.0. The van der Waals surface area contributed by atoms with Gasteiger partial charge in [0.25, 0.3) is 0 Å². The van der Waals surface area contributed by atoms with E-state index in [4.69, 9.17) is 0 Å². The second-order valence-electron chi connectivity index (χ2n) is 5.73. The van der Waals surface area contributed by atoms with E-state index in [0.717, 1.165) is 36.8 Å². The van der Waals surface area contributed by atoms with Crippen LogP contribution in [0.2, 0.25) is 0 Å². The average Bonchev–Trinajstić information content (AvgIpc) is 2.99. The van der Waals surface area contributed by atoms with Crippen molar-refractivity contribution in [3.8, 4) is 11.4 Å². The molecule has 108 valence electrons. The lowest BCUT2D eigenvalue weighted by Crippen LogP contribution is -2.41. The van der Waals surface area contributed by atoms with Crippen molar-refractivity contribution >= 4 is 0 Å². The Bertz CT molecular complexity index is 646. The van der Waals surface area contributed by atoms with Crippen LogP contribution >= 0.6 is 0 Å². The molecule has 4 rings (SSSR count). The van der Waals surface area contributed by atoms with E-state index in [1.807, 2.05) is 18.3 Å². The van der Waals surface area contributed by atoms with E-state index >= 15 is 0 Å². The van der Waals surface area contributed by atoms with E-state index in [9.17, 15) is 0 Å². The number of fused-ring (bicyclic) bond motifs is 1. The fraction of sp³-hybridized carbons (Fsp3) is 0.438. The zero-order chi connectivity index (χ0) is 14.1. The minimum atomic E-state index is 0.575. The Morgan fingerprint density at radius 3 is 3.00 bits per heavy atom. The Balaban J connectivity index is 1.59. The molecule has 0 spiro atoms. The molecule has 3 heterocycles. The minimum absolute atomic E-state index is 0.575. The summed E-state index contributed by atoms with van der Waals surface area (Å²) in [6.07, 6.45) is 12.1. The molecular formula is C16H19N5. The average molecular weight is 281 g/mol. The lowest BCUT2D eigenvalue weighted by molar-refractivity contribution is 0.168. The molecule has 2 aliphatic rings. The van der Waals surface area contributed by atoms with E-state index in [1.54, 1.807) is 6.20 Å². The van der Waals surface area contributed by atoms with Crippen LogP contribution in [-0.4, -0.2) is 37.2 Å². The summed E-state index contributed by atoms with van der Waals surface area (Å²) >= 11 is 0. The molecule has 0 saturated carbocycles. The Morgan fingerprint density at radius 2 is 2.19 bits per heavy atom. The van der Waals surface area contributed by atoms with Crippen LogP contribution in [0.3, 0.4) is 0 Å². The van der Waals surface area contributed by atoms with Crippen LogP contribution in [0.15, 0.2) is 36.7 Å². The lowest BCUT2D eigenvalue weighted by Gasteiger charge is -2.34. The molecule has 1 unspecified atom stereocenters. The van der Waals surface area contributed by atoms with Gasteiger partial charge < -0.3 is 4.57 Å². The van der Waals surface area contributed by atoms with E-state index in [2.05, 4.69) is 36.8 Å². The first-order valence-electron chi connectivity index (χ1n) is 7.65. The van der Waals surface area contributed by atoms with E-state index in [0.29, 0.717) is 6.04 Å². The number of aromatic nitrogens is 4. The van der Waals surface area contributed by atoms with Gasteiger partial charge in [-0.2, -0.15) is 0 Å².